The Bertz CT molecular complexity index is 828. The lowest BCUT2D eigenvalue weighted by Gasteiger charge is -2.08. The van der Waals surface area contributed by atoms with E-state index in [4.69, 9.17) is 55.9 Å². The number of hydrogen-bond acceptors (Lipinski definition) is 4. The predicted molar refractivity (Wildman–Crippen MR) is 129 cm³/mol. The fraction of sp³-hybridized carbons (Fsp3) is 0.417. The molecule has 0 saturated carbocycles. The molecule has 0 aliphatic carbocycles. The van der Waals surface area contributed by atoms with Crippen molar-refractivity contribution < 1.29 is 19.1 Å². The highest BCUT2D eigenvalue weighted by molar-refractivity contribution is 6.42. The Morgan fingerprint density at radius 3 is 1.38 bits per heavy atom. The lowest BCUT2D eigenvalue weighted by molar-refractivity contribution is -0.146. The quantitative estimate of drug-likeness (QED) is 0.197. The molecule has 0 bridgehead atoms. The second-order valence-electron chi connectivity index (χ2n) is 7.37. The van der Waals surface area contributed by atoms with E-state index < -0.39 is 0 Å². The second-order valence-corrected chi connectivity index (χ2v) is 8.94. The van der Waals surface area contributed by atoms with Gasteiger partial charge in [0.15, 0.2) is 0 Å². The Balaban J connectivity index is 1.47. The molecular formula is C24H26Cl4O4. The highest BCUT2D eigenvalue weighted by Crippen LogP contribution is 2.27. The molecule has 0 aromatic heterocycles. The third kappa shape index (κ3) is 9.58. The van der Waals surface area contributed by atoms with Crippen molar-refractivity contribution in [2.24, 2.45) is 0 Å². The van der Waals surface area contributed by atoms with Crippen molar-refractivity contribution in [3.63, 3.8) is 0 Å². The van der Waals surface area contributed by atoms with Crippen LogP contribution in [0.3, 0.4) is 0 Å². The molecule has 0 spiro atoms. The number of benzene rings is 2. The maximum absolute atomic E-state index is 11.9. The lowest BCUT2D eigenvalue weighted by Crippen LogP contribution is -2.05. The van der Waals surface area contributed by atoms with E-state index in [1.165, 1.54) is 0 Å². The van der Waals surface area contributed by atoms with Gasteiger partial charge in [-0.05, 0) is 25.0 Å². The van der Waals surface area contributed by atoms with Crippen molar-refractivity contribution in [2.45, 2.75) is 64.6 Å². The first-order chi connectivity index (χ1) is 15.4. The van der Waals surface area contributed by atoms with Crippen LogP contribution in [0.15, 0.2) is 36.4 Å². The monoisotopic (exact) mass is 518 g/mol. The fourth-order valence-corrected chi connectivity index (χ4v) is 3.78. The zero-order chi connectivity index (χ0) is 23.3. The van der Waals surface area contributed by atoms with Crippen LogP contribution in [0.25, 0.3) is 0 Å². The van der Waals surface area contributed by atoms with Crippen LogP contribution < -0.4 is 0 Å². The third-order valence-electron chi connectivity index (χ3n) is 4.85. The molecule has 0 N–H and O–H groups in total. The van der Waals surface area contributed by atoms with E-state index >= 15 is 0 Å². The van der Waals surface area contributed by atoms with Gasteiger partial charge in [-0.3, -0.25) is 9.59 Å². The molecule has 2 aromatic rings. The van der Waals surface area contributed by atoms with Gasteiger partial charge in [-0.25, -0.2) is 0 Å². The molecule has 0 aliphatic heterocycles. The number of ether oxygens (including phenoxy) is 2. The molecule has 0 unspecified atom stereocenters. The summed E-state index contributed by atoms with van der Waals surface area (Å²) in [5.74, 6) is -0.493. The average Bonchev–Trinajstić information content (AvgIpc) is 2.77. The zero-order valence-electron chi connectivity index (χ0n) is 17.7. The number of esters is 2. The molecule has 174 valence electrons. The molecule has 0 heterocycles. The molecule has 0 fully saturated rings. The third-order valence-corrected chi connectivity index (χ3v) is 6.57. The summed E-state index contributed by atoms with van der Waals surface area (Å²) in [6, 6.07) is 10.5. The highest BCUT2D eigenvalue weighted by atomic mass is 35.5. The van der Waals surface area contributed by atoms with E-state index in [0.717, 1.165) is 38.5 Å². The number of carbonyl (C=O) groups excluding carboxylic acids is 2. The number of hydrogen-bond donors (Lipinski definition) is 0. The van der Waals surface area contributed by atoms with E-state index in [0.29, 0.717) is 44.1 Å². The highest BCUT2D eigenvalue weighted by Gasteiger charge is 2.09. The first-order valence-electron chi connectivity index (χ1n) is 10.6. The normalized spacial score (nSPS) is 10.8. The van der Waals surface area contributed by atoms with Gasteiger partial charge in [-0.2, -0.15) is 0 Å². The number of unbranched alkanes of at least 4 members (excludes halogenated alkanes) is 5. The molecule has 32 heavy (non-hydrogen) atoms. The predicted octanol–water partition coefficient (Wildman–Crippen LogP) is 8.21. The number of halogens is 4. The van der Waals surface area contributed by atoms with Gasteiger partial charge in [-0.1, -0.05) is 96.4 Å². The lowest BCUT2D eigenvalue weighted by atomic mass is 10.1. The van der Waals surface area contributed by atoms with Crippen LogP contribution in [-0.2, 0) is 32.3 Å². The van der Waals surface area contributed by atoms with Gasteiger partial charge in [0.25, 0.3) is 0 Å². The number of carbonyl (C=O) groups is 2. The average molecular weight is 520 g/mol. The van der Waals surface area contributed by atoms with Crippen LogP contribution in [0, 0.1) is 0 Å². The van der Waals surface area contributed by atoms with Gasteiger partial charge >= 0.3 is 11.9 Å². The molecule has 0 atom stereocenters. The minimum Gasteiger partial charge on any atom is -0.461 e. The zero-order valence-corrected chi connectivity index (χ0v) is 20.7. The van der Waals surface area contributed by atoms with Crippen LogP contribution in [-0.4, -0.2) is 11.9 Å². The molecule has 2 rings (SSSR count). The minimum absolute atomic E-state index is 0.123. The Morgan fingerprint density at radius 1 is 0.594 bits per heavy atom. The van der Waals surface area contributed by atoms with Gasteiger partial charge in [-0.15, -0.1) is 0 Å². The molecule has 0 aliphatic rings. The number of rotatable bonds is 13. The Kier molecular flexibility index (Phi) is 12.3. The standard InChI is InChI=1S/C24H26Cl4O4/c25-19-11-7-9-17(23(19)27)15-31-21(29)13-5-3-1-2-4-6-14-22(30)32-16-18-10-8-12-20(26)24(18)28/h7-12H,1-6,13-16H2. The summed E-state index contributed by atoms with van der Waals surface area (Å²) in [7, 11) is 0. The van der Waals surface area contributed by atoms with Crippen LogP contribution in [0.2, 0.25) is 20.1 Å². The van der Waals surface area contributed by atoms with Crippen LogP contribution in [0.5, 0.6) is 0 Å². The maximum atomic E-state index is 11.9. The van der Waals surface area contributed by atoms with Crippen molar-refractivity contribution in [1.29, 1.82) is 0 Å². The van der Waals surface area contributed by atoms with Gasteiger partial charge in [0.05, 0.1) is 20.1 Å². The fourth-order valence-electron chi connectivity index (χ4n) is 3.03. The molecule has 2 aromatic carbocycles. The summed E-state index contributed by atoms with van der Waals surface area (Å²) < 4.78 is 10.5. The van der Waals surface area contributed by atoms with E-state index in [-0.39, 0.29) is 25.2 Å². The van der Waals surface area contributed by atoms with Gasteiger partial charge in [0.1, 0.15) is 13.2 Å². The Labute approximate surface area is 209 Å². The first kappa shape index (κ1) is 26.8. The van der Waals surface area contributed by atoms with Gasteiger partial charge < -0.3 is 9.47 Å². The molecule has 0 amide bonds. The van der Waals surface area contributed by atoms with Crippen molar-refractivity contribution in [1.82, 2.24) is 0 Å². The van der Waals surface area contributed by atoms with E-state index in [2.05, 4.69) is 0 Å². The van der Waals surface area contributed by atoms with Crippen molar-refractivity contribution in [2.75, 3.05) is 0 Å². The Hall–Kier alpha value is -1.46. The van der Waals surface area contributed by atoms with Crippen LogP contribution in [0.4, 0.5) is 0 Å². The first-order valence-corrected chi connectivity index (χ1v) is 12.1. The summed E-state index contributed by atoms with van der Waals surface area (Å²) in [6.07, 6.45) is 6.15. The summed E-state index contributed by atoms with van der Waals surface area (Å²) in [5.41, 5.74) is 1.39. The molecule has 4 nitrogen and oxygen atoms in total. The van der Waals surface area contributed by atoms with Gasteiger partial charge in [0, 0.05) is 24.0 Å². The molecular weight excluding hydrogens is 494 g/mol. The van der Waals surface area contributed by atoms with Crippen molar-refractivity contribution >= 4 is 58.3 Å². The second kappa shape index (κ2) is 14.6. The van der Waals surface area contributed by atoms with Gasteiger partial charge in [0.2, 0.25) is 0 Å². The van der Waals surface area contributed by atoms with E-state index in [1.54, 1.807) is 36.4 Å². The molecule has 0 saturated heterocycles. The summed E-state index contributed by atoms with van der Waals surface area (Å²) in [5, 5.41) is 1.72. The SMILES string of the molecule is O=C(CCCCCCCCC(=O)OCc1cccc(Cl)c1Cl)OCc1cccc(Cl)c1Cl. The smallest absolute Gasteiger partial charge is 0.306 e. The molecule has 0 radical (unpaired) electrons. The molecule has 8 heteroatoms. The van der Waals surface area contributed by atoms with E-state index in [1.807, 2.05) is 0 Å². The van der Waals surface area contributed by atoms with Crippen LogP contribution in [0.1, 0.15) is 62.5 Å². The summed E-state index contributed by atoms with van der Waals surface area (Å²) >= 11 is 24.0. The largest absolute Gasteiger partial charge is 0.461 e. The van der Waals surface area contributed by atoms with E-state index in [9.17, 15) is 9.59 Å². The van der Waals surface area contributed by atoms with Crippen LogP contribution >= 0.6 is 46.4 Å². The summed E-state index contributed by atoms with van der Waals surface area (Å²) in [4.78, 5) is 23.7. The minimum atomic E-state index is -0.247. The van der Waals surface area contributed by atoms with Crippen molar-refractivity contribution in [3.05, 3.63) is 67.6 Å². The Morgan fingerprint density at radius 2 is 0.969 bits per heavy atom. The van der Waals surface area contributed by atoms with Crippen molar-refractivity contribution in [3.8, 4) is 0 Å². The topological polar surface area (TPSA) is 52.6 Å². The summed E-state index contributed by atoms with van der Waals surface area (Å²) in [6.45, 7) is 0.246. The maximum Gasteiger partial charge on any atom is 0.306 e.